The van der Waals surface area contributed by atoms with Crippen molar-refractivity contribution >= 4 is 17.5 Å². The van der Waals surface area contributed by atoms with Crippen LogP contribution in [-0.4, -0.2) is 37.6 Å². The smallest absolute Gasteiger partial charge is 0.293 e. The van der Waals surface area contributed by atoms with Crippen molar-refractivity contribution in [2.75, 3.05) is 7.05 Å². The molecule has 2 aromatic heterocycles. The maximum absolute atomic E-state index is 12.6. The maximum atomic E-state index is 12.6. The van der Waals surface area contributed by atoms with E-state index < -0.39 is 0 Å². The number of hydrogen-bond acceptors (Lipinski definition) is 4. The highest BCUT2D eigenvalue weighted by molar-refractivity contribution is 6.30. The summed E-state index contributed by atoms with van der Waals surface area (Å²) in [6.45, 7) is 2.27. The van der Waals surface area contributed by atoms with E-state index in [1.165, 1.54) is 0 Å². The van der Waals surface area contributed by atoms with Gasteiger partial charge in [-0.3, -0.25) is 9.78 Å². The minimum absolute atomic E-state index is 0.166. The Morgan fingerprint density at radius 1 is 1.17 bits per heavy atom. The van der Waals surface area contributed by atoms with E-state index in [2.05, 4.69) is 15.1 Å². The lowest BCUT2D eigenvalue weighted by Gasteiger charge is -2.14. The molecule has 24 heavy (non-hydrogen) atoms. The number of benzene rings is 1. The van der Waals surface area contributed by atoms with Gasteiger partial charge in [0, 0.05) is 31.0 Å². The third-order valence-corrected chi connectivity index (χ3v) is 3.80. The Labute approximate surface area is 144 Å². The molecule has 1 amide bonds. The average molecular weight is 342 g/mol. The molecule has 7 heteroatoms. The summed E-state index contributed by atoms with van der Waals surface area (Å²) < 4.78 is 1.63. The molecule has 2 heterocycles. The van der Waals surface area contributed by atoms with Crippen molar-refractivity contribution in [3.63, 3.8) is 0 Å². The van der Waals surface area contributed by atoms with Crippen molar-refractivity contribution in [2.45, 2.75) is 13.5 Å². The number of carbonyl (C=O) groups excluding carboxylic acids is 1. The van der Waals surface area contributed by atoms with Crippen LogP contribution in [0.1, 0.15) is 22.0 Å². The Morgan fingerprint density at radius 3 is 2.50 bits per heavy atom. The number of pyridine rings is 1. The van der Waals surface area contributed by atoms with Gasteiger partial charge in [-0.15, -0.1) is 5.10 Å². The Bertz CT molecular complexity index is 845. The van der Waals surface area contributed by atoms with Crippen molar-refractivity contribution in [3.05, 3.63) is 71.0 Å². The highest BCUT2D eigenvalue weighted by Crippen LogP contribution is 2.15. The van der Waals surface area contributed by atoms with Crippen LogP contribution in [0.25, 0.3) is 5.69 Å². The van der Waals surface area contributed by atoms with Crippen LogP contribution in [0.4, 0.5) is 0 Å². The van der Waals surface area contributed by atoms with Gasteiger partial charge >= 0.3 is 0 Å². The molecule has 0 aliphatic heterocycles. The lowest BCUT2D eigenvalue weighted by atomic mass is 10.2. The molecule has 122 valence electrons. The topological polar surface area (TPSA) is 63.9 Å². The van der Waals surface area contributed by atoms with Gasteiger partial charge in [-0.25, -0.2) is 9.67 Å². The SMILES string of the molecule is Cc1nc(C(=O)N(C)Cc2ccncc2)nn1-c1ccc(Cl)cc1. The molecule has 0 aliphatic carbocycles. The van der Waals surface area contributed by atoms with E-state index in [1.807, 2.05) is 24.3 Å². The minimum atomic E-state index is -0.234. The number of nitrogens with zero attached hydrogens (tertiary/aromatic N) is 5. The number of carbonyl (C=O) groups is 1. The van der Waals surface area contributed by atoms with E-state index >= 15 is 0 Å². The largest absolute Gasteiger partial charge is 0.335 e. The Kier molecular flexibility index (Phi) is 4.57. The highest BCUT2D eigenvalue weighted by atomic mass is 35.5. The monoisotopic (exact) mass is 341 g/mol. The average Bonchev–Trinajstić information content (AvgIpc) is 2.97. The molecule has 0 spiro atoms. The molecule has 0 saturated carbocycles. The van der Waals surface area contributed by atoms with E-state index in [0.29, 0.717) is 17.4 Å². The first-order valence-electron chi connectivity index (χ1n) is 7.38. The second-order valence-corrected chi connectivity index (χ2v) is 5.82. The fourth-order valence-corrected chi connectivity index (χ4v) is 2.44. The summed E-state index contributed by atoms with van der Waals surface area (Å²) in [5.41, 5.74) is 1.80. The zero-order chi connectivity index (χ0) is 17.1. The summed E-state index contributed by atoms with van der Waals surface area (Å²) in [6.07, 6.45) is 3.40. The van der Waals surface area contributed by atoms with Crippen molar-refractivity contribution in [1.82, 2.24) is 24.6 Å². The van der Waals surface area contributed by atoms with Crippen LogP contribution < -0.4 is 0 Å². The molecular weight excluding hydrogens is 326 g/mol. The number of hydrogen-bond donors (Lipinski definition) is 0. The Hall–Kier alpha value is -2.73. The van der Waals surface area contributed by atoms with Crippen LogP contribution in [0.15, 0.2) is 48.8 Å². The molecule has 3 rings (SSSR count). The van der Waals surface area contributed by atoms with Gasteiger partial charge in [0.25, 0.3) is 5.91 Å². The summed E-state index contributed by atoms with van der Waals surface area (Å²) in [5.74, 6) is 0.569. The van der Waals surface area contributed by atoms with Crippen LogP contribution in [0.2, 0.25) is 5.02 Å². The van der Waals surface area contributed by atoms with Crippen LogP contribution >= 0.6 is 11.6 Å². The van der Waals surface area contributed by atoms with Gasteiger partial charge in [0.2, 0.25) is 5.82 Å². The summed E-state index contributed by atoms with van der Waals surface area (Å²) in [7, 11) is 1.72. The molecule has 3 aromatic rings. The standard InChI is InChI=1S/C17H16ClN5O/c1-12-20-16(21-23(12)15-5-3-14(18)4-6-15)17(24)22(2)11-13-7-9-19-10-8-13/h3-10H,11H2,1-2H3. The van der Waals surface area contributed by atoms with Gasteiger partial charge in [-0.05, 0) is 48.9 Å². The molecule has 1 aromatic carbocycles. The van der Waals surface area contributed by atoms with Crippen LogP contribution in [0, 0.1) is 6.92 Å². The van der Waals surface area contributed by atoms with Gasteiger partial charge in [0.1, 0.15) is 5.82 Å². The fourth-order valence-electron chi connectivity index (χ4n) is 2.31. The Balaban J connectivity index is 1.81. The molecular formula is C17H16ClN5O. The number of rotatable bonds is 4. The quantitative estimate of drug-likeness (QED) is 0.732. The lowest BCUT2D eigenvalue weighted by molar-refractivity contribution is 0.0773. The molecule has 0 unspecified atom stereocenters. The van der Waals surface area contributed by atoms with E-state index in [-0.39, 0.29) is 11.7 Å². The number of halogens is 1. The molecule has 0 atom stereocenters. The summed E-state index contributed by atoms with van der Waals surface area (Å²) in [6, 6.07) is 10.9. The number of aromatic nitrogens is 4. The zero-order valence-corrected chi connectivity index (χ0v) is 14.1. The lowest BCUT2D eigenvalue weighted by Crippen LogP contribution is -2.27. The minimum Gasteiger partial charge on any atom is -0.335 e. The first kappa shape index (κ1) is 16.1. The van der Waals surface area contributed by atoms with Gasteiger partial charge in [0.05, 0.1) is 5.69 Å². The van der Waals surface area contributed by atoms with Crippen LogP contribution in [-0.2, 0) is 6.54 Å². The van der Waals surface area contributed by atoms with Crippen molar-refractivity contribution < 1.29 is 4.79 Å². The first-order chi connectivity index (χ1) is 11.5. The fraction of sp³-hybridized carbons (Fsp3) is 0.176. The molecule has 6 nitrogen and oxygen atoms in total. The predicted molar refractivity (Wildman–Crippen MR) is 91.1 cm³/mol. The predicted octanol–water partition coefficient (Wildman–Crippen LogP) is 2.90. The molecule has 0 radical (unpaired) electrons. The van der Waals surface area contributed by atoms with E-state index in [9.17, 15) is 4.79 Å². The van der Waals surface area contributed by atoms with Gasteiger partial charge in [0.15, 0.2) is 0 Å². The molecule has 0 aliphatic rings. The normalized spacial score (nSPS) is 10.6. The molecule has 0 saturated heterocycles. The maximum Gasteiger partial charge on any atom is 0.293 e. The van der Waals surface area contributed by atoms with Crippen LogP contribution in [0.3, 0.4) is 0 Å². The first-order valence-corrected chi connectivity index (χ1v) is 7.76. The van der Waals surface area contributed by atoms with Crippen molar-refractivity contribution in [1.29, 1.82) is 0 Å². The highest BCUT2D eigenvalue weighted by Gasteiger charge is 2.19. The number of amides is 1. The molecule has 0 fully saturated rings. The third kappa shape index (κ3) is 3.44. The zero-order valence-electron chi connectivity index (χ0n) is 13.3. The Morgan fingerprint density at radius 2 is 1.83 bits per heavy atom. The summed E-state index contributed by atoms with van der Waals surface area (Å²) >= 11 is 5.90. The van der Waals surface area contributed by atoms with E-state index in [4.69, 9.17) is 11.6 Å². The van der Waals surface area contributed by atoms with Crippen LogP contribution in [0.5, 0.6) is 0 Å². The molecule has 0 N–H and O–H groups in total. The third-order valence-electron chi connectivity index (χ3n) is 3.55. The number of aryl methyl sites for hydroxylation is 1. The summed E-state index contributed by atoms with van der Waals surface area (Å²) in [5, 5.41) is 4.97. The second-order valence-electron chi connectivity index (χ2n) is 5.39. The van der Waals surface area contributed by atoms with Crippen molar-refractivity contribution in [2.24, 2.45) is 0 Å². The van der Waals surface area contributed by atoms with Crippen molar-refractivity contribution in [3.8, 4) is 5.69 Å². The molecule has 0 bridgehead atoms. The second kappa shape index (κ2) is 6.80. The van der Waals surface area contributed by atoms with E-state index in [0.717, 1.165) is 11.3 Å². The summed E-state index contributed by atoms with van der Waals surface area (Å²) in [4.78, 5) is 22.4. The van der Waals surface area contributed by atoms with Gasteiger partial charge in [-0.1, -0.05) is 11.6 Å². The van der Waals surface area contributed by atoms with Gasteiger partial charge < -0.3 is 4.90 Å². The van der Waals surface area contributed by atoms with E-state index in [1.54, 1.807) is 48.1 Å². The van der Waals surface area contributed by atoms with Gasteiger partial charge in [-0.2, -0.15) is 0 Å².